The Bertz CT molecular complexity index is 376. The molecule has 0 bridgehead atoms. The largest absolute Gasteiger partial charge is 0.368 e. The second-order valence-corrected chi connectivity index (χ2v) is 4.05. The summed E-state index contributed by atoms with van der Waals surface area (Å²) in [5, 5.41) is 0. The highest BCUT2D eigenvalue weighted by Gasteiger charge is 2.24. The Kier molecular flexibility index (Phi) is 2.73. The van der Waals surface area contributed by atoms with Gasteiger partial charge in [0.1, 0.15) is 0 Å². The second kappa shape index (κ2) is 4.03. The first-order valence-electron chi connectivity index (χ1n) is 5.16. The summed E-state index contributed by atoms with van der Waals surface area (Å²) in [4.78, 5) is 13.3. The van der Waals surface area contributed by atoms with Gasteiger partial charge in [-0.05, 0) is 37.1 Å². The molecule has 1 amide bonds. The van der Waals surface area contributed by atoms with Crippen LogP contribution in [0.1, 0.15) is 11.1 Å². The van der Waals surface area contributed by atoms with Crippen molar-refractivity contribution in [1.29, 1.82) is 0 Å². The van der Waals surface area contributed by atoms with Gasteiger partial charge in [0.15, 0.2) is 0 Å². The lowest BCUT2D eigenvalue weighted by Crippen LogP contribution is -2.43. The fraction of sp³-hybridized carbons (Fsp3) is 0.417. The smallest absolute Gasteiger partial charge is 0.235 e. The number of carbonyl (C=O) groups excluding carboxylic acids is 1. The molecule has 1 unspecified atom stereocenters. The molecule has 1 aromatic carbocycles. The zero-order valence-electron chi connectivity index (χ0n) is 8.86. The predicted octanol–water partition coefficient (Wildman–Crippen LogP) is 0.371. The summed E-state index contributed by atoms with van der Waals surface area (Å²) in [7, 11) is 1.95. The van der Waals surface area contributed by atoms with Crippen LogP contribution in [0.25, 0.3) is 0 Å². The van der Waals surface area contributed by atoms with Gasteiger partial charge in [-0.15, -0.1) is 0 Å². The summed E-state index contributed by atoms with van der Waals surface area (Å²) in [6, 6.07) is 8.83. The van der Waals surface area contributed by atoms with E-state index in [1.165, 1.54) is 11.1 Å². The molecule has 3 heteroatoms. The minimum Gasteiger partial charge on any atom is -0.368 e. The van der Waals surface area contributed by atoms with Crippen LogP contribution in [-0.4, -0.2) is 30.4 Å². The quantitative estimate of drug-likeness (QED) is 0.717. The van der Waals surface area contributed by atoms with Crippen molar-refractivity contribution in [1.82, 2.24) is 4.90 Å². The van der Waals surface area contributed by atoms with Crippen LogP contribution in [0.2, 0.25) is 0 Å². The van der Waals surface area contributed by atoms with Gasteiger partial charge < -0.3 is 5.73 Å². The van der Waals surface area contributed by atoms with E-state index in [-0.39, 0.29) is 11.9 Å². The normalized spacial score (nSPS) is 21.8. The zero-order chi connectivity index (χ0) is 10.8. The van der Waals surface area contributed by atoms with E-state index in [9.17, 15) is 4.79 Å². The first kappa shape index (κ1) is 10.2. The standard InChI is InChI=1S/C12H15N2O/c1-14-7-6-9-4-2-3-5-10(9)8-11(14)12(13)15/h3-5,11H,6-8H2,1H3,(H2,13,15). The Morgan fingerprint density at radius 3 is 3.13 bits per heavy atom. The summed E-state index contributed by atoms with van der Waals surface area (Å²) in [5.74, 6) is -0.238. The van der Waals surface area contributed by atoms with Crippen molar-refractivity contribution in [3.8, 4) is 0 Å². The maximum Gasteiger partial charge on any atom is 0.235 e. The van der Waals surface area contributed by atoms with Gasteiger partial charge in [-0.2, -0.15) is 0 Å². The third-order valence-electron chi connectivity index (χ3n) is 3.06. The van der Waals surface area contributed by atoms with Crippen LogP contribution >= 0.6 is 0 Å². The molecule has 79 valence electrons. The van der Waals surface area contributed by atoms with Crippen LogP contribution in [0.4, 0.5) is 0 Å². The number of carbonyl (C=O) groups is 1. The molecule has 1 atom stereocenters. The van der Waals surface area contributed by atoms with Gasteiger partial charge in [0.05, 0.1) is 6.04 Å². The highest BCUT2D eigenvalue weighted by atomic mass is 16.1. The molecule has 15 heavy (non-hydrogen) atoms. The van der Waals surface area contributed by atoms with Crippen molar-refractivity contribution < 1.29 is 4.79 Å². The van der Waals surface area contributed by atoms with Crippen LogP contribution in [0.5, 0.6) is 0 Å². The topological polar surface area (TPSA) is 46.3 Å². The summed E-state index contributed by atoms with van der Waals surface area (Å²) in [5.41, 5.74) is 7.91. The van der Waals surface area contributed by atoms with Crippen LogP contribution in [-0.2, 0) is 17.6 Å². The van der Waals surface area contributed by atoms with E-state index < -0.39 is 0 Å². The number of primary amides is 1. The Balaban J connectivity index is 2.31. The van der Waals surface area contributed by atoms with Crippen LogP contribution in [0.3, 0.4) is 0 Å². The van der Waals surface area contributed by atoms with Gasteiger partial charge in [-0.3, -0.25) is 9.69 Å². The maximum atomic E-state index is 11.3. The fourth-order valence-electron chi connectivity index (χ4n) is 2.06. The SMILES string of the molecule is CN1CCc2c[c]ccc2CC1C(N)=O. The molecule has 0 aliphatic carbocycles. The first-order valence-corrected chi connectivity index (χ1v) is 5.16. The van der Waals surface area contributed by atoms with E-state index in [2.05, 4.69) is 6.07 Å². The molecule has 0 spiro atoms. The Morgan fingerprint density at radius 2 is 2.40 bits per heavy atom. The molecular formula is C12H15N2O. The lowest BCUT2D eigenvalue weighted by Gasteiger charge is -2.22. The summed E-state index contributed by atoms with van der Waals surface area (Å²) >= 11 is 0. The number of nitrogens with two attached hydrogens (primary N) is 1. The summed E-state index contributed by atoms with van der Waals surface area (Å²) < 4.78 is 0. The molecule has 0 fully saturated rings. The number of amides is 1. The lowest BCUT2D eigenvalue weighted by atomic mass is 10.0. The summed E-state index contributed by atoms with van der Waals surface area (Å²) in [6.45, 7) is 0.873. The van der Waals surface area contributed by atoms with Crippen LogP contribution in [0, 0.1) is 6.07 Å². The Labute approximate surface area is 89.9 Å². The number of hydrogen-bond donors (Lipinski definition) is 1. The van der Waals surface area contributed by atoms with Crippen molar-refractivity contribution in [2.45, 2.75) is 18.9 Å². The van der Waals surface area contributed by atoms with Crippen molar-refractivity contribution in [2.24, 2.45) is 5.73 Å². The van der Waals surface area contributed by atoms with Crippen molar-refractivity contribution >= 4 is 5.91 Å². The van der Waals surface area contributed by atoms with Crippen molar-refractivity contribution in [2.75, 3.05) is 13.6 Å². The molecule has 0 saturated carbocycles. The first-order chi connectivity index (χ1) is 7.18. The number of benzene rings is 1. The minimum absolute atomic E-state index is 0.173. The zero-order valence-corrected chi connectivity index (χ0v) is 8.86. The number of likely N-dealkylation sites (N-methyl/N-ethyl adjacent to an activating group) is 1. The van der Waals surface area contributed by atoms with Gasteiger partial charge in [0.25, 0.3) is 0 Å². The Hall–Kier alpha value is -1.35. The number of fused-ring (bicyclic) bond motifs is 1. The molecule has 0 aromatic heterocycles. The third-order valence-corrected chi connectivity index (χ3v) is 3.06. The van der Waals surface area contributed by atoms with Crippen molar-refractivity contribution in [3.63, 3.8) is 0 Å². The highest BCUT2D eigenvalue weighted by molar-refractivity contribution is 5.80. The maximum absolute atomic E-state index is 11.3. The second-order valence-electron chi connectivity index (χ2n) is 4.05. The number of hydrogen-bond acceptors (Lipinski definition) is 2. The van der Waals surface area contributed by atoms with E-state index in [1.54, 1.807) is 0 Å². The molecule has 1 heterocycles. The third kappa shape index (κ3) is 2.02. The van der Waals surface area contributed by atoms with Gasteiger partial charge in [0, 0.05) is 6.54 Å². The number of nitrogens with zero attached hydrogens (tertiary/aromatic N) is 1. The lowest BCUT2D eigenvalue weighted by molar-refractivity contribution is -0.122. The molecule has 3 nitrogen and oxygen atoms in total. The van der Waals surface area contributed by atoms with E-state index in [4.69, 9.17) is 5.73 Å². The van der Waals surface area contributed by atoms with E-state index in [0.29, 0.717) is 0 Å². The van der Waals surface area contributed by atoms with E-state index in [0.717, 1.165) is 19.4 Å². The van der Waals surface area contributed by atoms with E-state index in [1.807, 2.05) is 30.1 Å². The molecular weight excluding hydrogens is 188 g/mol. The molecule has 2 rings (SSSR count). The summed E-state index contributed by atoms with van der Waals surface area (Å²) in [6.07, 6.45) is 1.68. The number of rotatable bonds is 1. The van der Waals surface area contributed by atoms with Gasteiger partial charge in [-0.25, -0.2) is 0 Å². The van der Waals surface area contributed by atoms with Crippen LogP contribution < -0.4 is 5.73 Å². The molecule has 2 N–H and O–H groups in total. The average molecular weight is 203 g/mol. The minimum atomic E-state index is -0.238. The average Bonchev–Trinajstić information content (AvgIpc) is 2.39. The van der Waals surface area contributed by atoms with Crippen LogP contribution in [0.15, 0.2) is 18.2 Å². The predicted molar refractivity (Wildman–Crippen MR) is 58.3 cm³/mol. The highest BCUT2D eigenvalue weighted by Crippen LogP contribution is 2.18. The molecule has 1 radical (unpaired) electrons. The van der Waals surface area contributed by atoms with Gasteiger partial charge in [-0.1, -0.05) is 18.2 Å². The van der Waals surface area contributed by atoms with Crippen molar-refractivity contribution in [3.05, 3.63) is 35.4 Å². The monoisotopic (exact) mass is 203 g/mol. The molecule has 1 aromatic rings. The Morgan fingerprint density at radius 1 is 1.60 bits per heavy atom. The van der Waals surface area contributed by atoms with Gasteiger partial charge in [0.2, 0.25) is 5.91 Å². The molecule has 1 aliphatic rings. The molecule has 0 saturated heterocycles. The molecule has 1 aliphatic heterocycles. The van der Waals surface area contributed by atoms with E-state index >= 15 is 0 Å². The van der Waals surface area contributed by atoms with Gasteiger partial charge >= 0.3 is 0 Å². The fourth-order valence-corrected chi connectivity index (χ4v) is 2.06.